The third kappa shape index (κ3) is 5.03. The first kappa shape index (κ1) is 23.4. The molecule has 1 amide bonds. The average molecular weight is 493 g/mol. The second-order valence-corrected chi connectivity index (χ2v) is 10.2. The topological polar surface area (TPSA) is 48.8 Å². The highest BCUT2D eigenvalue weighted by Crippen LogP contribution is 2.30. The van der Waals surface area contributed by atoms with Crippen molar-refractivity contribution in [2.24, 2.45) is 4.99 Å². The Hall–Kier alpha value is -3.39. The van der Waals surface area contributed by atoms with E-state index in [0.29, 0.717) is 31.2 Å². The number of halogens is 2. The lowest BCUT2D eigenvalue weighted by atomic mass is 10.1. The first-order valence-electron chi connectivity index (χ1n) is 11.7. The van der Waals surface area contributed by atoms with E-state index >= 15 is 0 Å². The van der Waals surface area contributed by atoms with Gasteiger partial charge in [0.15, 0.2) is 0 Å². The number of aromatic nitrogens is 1. The lowest BCUT2D eigenvalue weighted by Crippen LogP contribution is -2.45. The predicted molar refractivity (Wildman–Crippen MR) is 134 cm³/mol. The Morgan fingerprint density at radius 2 is 1.71 bits per heavy atom. The van der Waals surface area contributed by atoms with Crippen LogP contribution in [0, 0.1) is 18.6 Å². The van der Waals surface area contributed by atoms with Crippen LogP contribution in [0.15, 0.2) is 59.6 Å². The Morgan fingerprint density at radius 3 is 2.40 bits per heavy atom. The van der Waals surface area contributed by atoms with Crippen LogP contribution in [0.1, 0.15) is 39.5 Å². The molecular formula is C27H26F2N4OS. The van der Waals surface area contributed by atoms with Crippen molar-refractivity contribution in [2.45, 2.75) is 26.2 Å². The highest BCUT2D eigenvalue weighted by Gasteiger charge is 2.28. The molecule has 5 nitrogen and oxygen atoms in total. The molecule has 180 valence electrons. The molecule has 2 aliphatic rings. The number of amides is 1. The number of aliphatic imine (C=N–C) groups is 1. The van der Waals surface area contributed by atoms with Crippen LogP contribution in [-0.4, -0.2) is 52.7 Å². The van der Waals surface area contributed by atoms with Crippen LogP contribution in [0.3, 0.4) is 0 Å². The number of rotatable bonds is 4. The summed E-state index contributed by atoms with van der Waals surface area (Å²) in [7, 11) is 0. The number of carbonyl (C=O) groups is 1. The van der Waals surface area contributed by atoms with Gasteiger partial charge in [-0.25, -0.2) is 18.8 Å². The van der Waals surface area contributed by atoms with Gasteiger partial charge in [-0.2, -0.15) is 0 Å². The first-order chi connectivity index (χ1) is 16.9. The van der Waals surface area contributed by atoms with Crippen LogP contribution >= 0.6 is 11.3 Å². The quantitative estimate of drug-likeness (QED) is 0.514. The van der Waals surface area contributed by atoms with Crippen molar-refractivity contribution >= 4 is 28.8 Å². The van der Waals surface area contributed by atoms with Gasteiger partial charge in [0, 0.05) is 48.0 Å². The fourth-order valence-electron chi connectivity index (χ4n) is 4.59. The summed E-state index contributed by atoms with van der Waals surface area (Å²) >= 11 is 1.72. The minimum absolute atomic E-state index is 0.0252. The molecule has 1 unspecified atom stereocenters. The number of hydrogen-bond donors (Lipinski definition) is 0. The van der Waals surface area contributed by atoms with Crippen LogP contribution in [0.4, 0.5) is 8.78 Å². The monoisotopic (exact) mass is 492 g/mol. The van der Waals surface area contributed by atoms with Gasteiger partial charge in [0.2, 0.25) is 5.91 Å². The summed E-state index contributed by atoms with van der Waals surface area (Å²) in [5, 5.41) is 1.07. The maximum atomic E-state index is 13.6. The normalized spacial score (nSPS) is 18.0. The van der Waals surface area contributed by atoms with Crippen LogP contribution in [-0.2, 0) is 11.2 Å². The number of fused-ring (bicyclic) bond motifs is 1. The Balaban J connectivity index is 1.37. The number of aryl methyl sites for hydroxylation is 1. The number of amidine groups is 1. The van der Waals surface area contributed by atoms with E-state index in [1.54, 1.807) is 35.6 Å². The predicted octanol–water partition coefficient (Wildman–Crippen LogP) is 5.02. The number of thiazole rings is 1. The standard InChI is InChI=1S/C27H26F2N4OS/c1-17-15-32(13-12-24-26(17)35-18(2)30-24)25(34)16-33-14-11-23(19-3-7-21(28)8-4-19)31-27(33)20-5-9-22(29)10-6-20/h3-11,17H,12-16H2,1-2H3. The van der Waals surface area contributed by atoms with Crippen LogP contribution < -0.4 is 0 Å². The Morgan fingerprint density at radius 1 is 1.06 bits per heavy atom. The summed E-state index contributed by atoms with van der Waals surface area (Å²) in [6.45, 7) is 6.08. The van der Waals surface area contributed by atoms with Crippen molar-refractivity contribution in [1.29, 1.82) is 0 Å². The molecule has 2 aliphatic heterocycles. The van der Waals surface area contributed by atoms with Gasteiger partial charge >= 0.3 is 0 Å². The van der Waals surface area contributed by atoms with Crippen LogP contribution in [0.25, 0.3) is 5.70 Å². The van der Waals surface area contributed by atoms with E-state index < -0.39 is 0 Å². The van der Waals surface area contributed by atoms with Crippen molar-refractivity contribution in [2.75, 3.05) is 26.2 Å². The van der Waals surface area contributed by atoms with Gasteiger partial charge in [0.05, 0.1) is 22.9 Å². The molecule has 0 fully saturated rings. The van der Waals surface area contributed by atoms with Gasteiger partial charge in [-0.1, -0.05) is 6.92 Å². The SMILES string of the molecule is Cc1nc2c(s1)C(C)CN(C(=O)CN1CC=C(c3ccc(F)cc3)N=C1c1ccc(F)cc1)CC2. The second-order valence-electron chi connectivity index (χ2n) is 8.95. The zero-order chi connectivity index (χ0) is 24.5. The molecule has 2 aromatic carbocycles. The molecule has 8 heteroatoms. The maximum absolute atomic E-state index is 13.6. The molecule has 1 aromatic heterocycles. The van der Waals surface area contributed by atoms with E-state index in [0.717, 1.165) is 28.2 Å². The molecule has 3 aromatic rings. The second kappa shape index (κ2) is 9.70. The molecule has 0 saturated heterocycles. The number of nitrogens with zero attached hydrogens (tertiary/aromatic N) is 4. The minimum atomic E-state index is -0.336. The highest BCUT2D eigenvalue weighted by molar-refractivity contribution is 7.11. The summed E-state index contributed by atoms with van der Waals surface area (Å²) in [4.78, 5) is 28.0. The highest BCUT2D eigenvalue weighted by atomic mass is 32.1. The Kier molecular flexibility index (Phi) is 6.47. The third-order valence-corrected chi connectivity index (χ3v) is 7.59. The van der Waals surface area contributed by atoms with Gasteiger partial charge in [-0.15, -0.1) is 11.3 Å². The molecule has 5 rings (SSSR count). The van der Waals surface area contributed by atoms with Crippen molar-refractivity contribution in [3.05, 3.63) is 92.9 Å². The van der Waals surface area contributed by atoms with E-state index in [4.69, 9.17) is 4.99 Å². The number of benzene rings is 2. The smallest absolute Gasteiger partial charge is 0.242 e. The number of hydrogen-bond acceptors (Lipinski definition) is 5. The minimum Gasteiger partial charge on any atom is -0.343 e. The van der Waals surface area contributed by atoms with E-state index in [1.165, 1.54) is 29.1 Å². The molecular weight excluding hydrogens is 466 g/mol. The van der Waals surface area contributed by atoms with Crippen molar-refractivity contribution in [1.82, 2.24) is 14.8 Å². The fraction of sp³-hybridized carbons (Fsp3) is 0.296. The first-order valence-corrected chi connectivity index (χ1v) is 12.5. The van der Waals surface area contributed by atoms with Gasteiger partial charge in [-0.05, 0) is 61.5 Å². The molecule has 0 saturated carbocycles. The maximum Gasteiger partial charge on any atom is 0.242 e. The summed E-state index contributed by atoms with van der Waals surface area (Å²) < 4.78 is 27.0. The molecule has 35 heavy (non-hydrogen) atoms. The summed E-state index contributed by atoms with van der Waals surface area (Å²) in [5.41, 5.74) is 3.31. The molecule has 0 N–H and O–H groups in total. The van der Waals surface area contributed by atoms with Gasteiger partial charge in [0.25, 0.3) is 0 Å². The van der Waals surface area contributed by atoms with E-state index in [1.807, 2.05) is 22.8 Å². The lowest BCUT2D eigenvalue weighted by Gasteiger charge is -2.31. The fourth-order valence-corrected chi connectivity index (χ4v) is 5.60. The summed E-state index contributed by atoms with van der Waals surface area (Å²) in [5.74, 6) is 0.208. The van der Waals surface area contributed by atoms with Crippen LogP contribution in [0.5, 0.6) is 0 Å². The van der Waals surface area contributed by atoms with Crippen molar-refractivity contribution in [3.8, 4) is 0 Å². The molecule has 0 aliphatic carbocycles. The van der Waals surface area contributed by atoms with Crippen molar-refractivity contribution in [3.63, 3.8) is 0 Å². The van der Waals surface area contributed by atoms with Gasteiger partial charge in [0.1, 0.15) is 17.5 Å². The van der Waals surface area contributed by atoms with Crippen molar-refractivity contribution < 1.29 is 13.6 Å². The average Bonchev–Trinajstić information content (AvgIpc) is 3.16. The van der Waals surface area contributed by atoms with Gasteiger partial charge in [-0.3, -0.25) is 4.79 Å². The van der Waals surface area contributed by atoms with E-state index in [-0.39, 0.29) is 30.0 Å². The largest absolute Gasteiger partial charge is 0.343 e. The molecule has 1 atom stereocenters. The molecule has 0 radical (unpaired) electrons. The third-order valence-electron chi connectivity index (χ3n) is 6.35. The number of carbonyl (C=O) groups excluding carboxylic acids is 1. The van der Waals surface area contributed by atoms with E-state index in [2.05, 4.69) is 11.9 Å². The zero-order valence-electron chi connectivity index (χ0n) is 19.7. The van der Waals surface area contributed by atoms with Crippen LogP contribution in [0.2, 0.25) is 0 Å². The molecule has 3 heterocycles. The summed E-state index contributed by atoms with van der Waals surface area (Å²) in [6.07, 6.45) is 2.69. The summed E-state index contributed by atoms with van der Waals surface area (Å²) in [6, 6.07) is 12.3. The Bertz CT molecular complexity index is 1300. The lowest BCUT2D eigenvalue weighted by molar-refractivity contribution is -0.131. The van der Waals surface area contributed by atoms with Gasteiger partial charge < -0.3 is 9.80 Å². The molecule has 0 bridgehead atoms. The van der Waals surface area contributed by atoms with E-state index in [9.17, 15) is 13.6 Å². The zero-order valence-corrected chi connectivity index (χ0v) is 20.5. The Labute approximate surface area is 207 Å². The molecule has 0 spiro atoms.